The number of pyridine rings is 1. The molecule has 1 aliphatic heterocycles. The van der Waals surface area contributed by atoms with Crippen molar-refractivity contribution in [2.24, 2.45) is 0 Å². The molecule has 0 radical (unpaired) electrons. The molecule has 1 saturated heterocycles. The van der Waals surface area contributed by atoms with Crippen molar-refractivity contribution in [1.29, 1.82) is 0 Å². The highest BCUT2D eigenvalue weighted by Crippen LogP contribution is 2.36. The van der Waals surface area contributed by atoms with E-state index in [9.17, 15) is 0 Å². The topological polar surface area (TPSA) is 34.1 Å². The van der Waals surface area contributed by atoms with Crippen LogP contribution in [-0.4, -0.2) is 30.3 Å². The summed E-state index contributed by atoms with van der Waals surface area (Å²) >= 11 is 0. The van der Waals surface area contributed by atoms with Gasteiger partial charge in [-0.1, -0.05) is 13.0 Å². The molecule has 1 N–H and O–H groups in total. The first-order valence-corrected chi connectivity index (χ1v) is 8.19. The minimum Gasteiger partial charge on any atom is -0.377 e. The molecule has 0 saturated carbocycles. The Morgan fingerprint density at radius 1 is 1.40 bits per heavy atom. The van der Waals surface area contributed by atoms with Crippen LogP contribution >= 0.6 is 0 Å². The summed E-state index contributed by atoms with van der Waals surface area (Å²) in [6, 6.07) is 4.74. The van der Waals surface area contributed by atoms with Crippen molar-refractivity contribution in [3.63, 3.8) is 0 Å². The molecule has 2 heterocycles. The highest BCUT2D eigenvalue weighted by atomic mass is 16.5. The first kappa shape index (κ1) is 14.0. The van der Waals surface area contributed by atoms with Crippen molar-refractivity contribution in [3.8, 4) is 0 Å². The van der Waals surface area contributed by atoms with Crippen molar-refractivity contribution >= 4 is 0 Å². The number of hydrogen-bond acceptors (Lipinski definition) is 3. The summed E-state index contributed by atoms with van der Waals surface area (Å²) in [5, 5.41) is 3.76. The lowest BCUT2D eigenvalue weighted by molar-refractivity contribution is -0.0137. The summed E-state index contributed by atoms with van der Waals surface area (Å²) in [4.78, 5) is 4.67. The number of hydrogen-bond donors (Lipinski definition) is 1. The third-order valence-electron chi connectivity index (χ3n) is 4.68. The predicted octanol–water partition coefficient (Wildman–Crippen LogP) is 3.05. The van der Waals surface area contributed by atoms with Gasteiger partial charge in [0.05, 0.1) is 6.10 Å². The molecular weight excluding hydrogens is 248 g/mol. The standard InChI is InChI=1S/C17H26N2O/c1-2-10-18-17(15-7-3-4-12-20-15)14-9-8-13-6-5-11-19-16(13)14/h5-6,11,14-15,17-18H,2-4,7-10,12H2,1H3. The molecule has 2 aliphatic rings. The van der Waals surface area contributed by atoms with Crippen molar-refractivity contribution in [1.82, 2.24) is 10.3 Å². The summed E-state index contributed by atoms with van der Waals surface area (Å²) in [5.74, 6) is 0.529. The number of rotatable bonds is 5. The SMILES string of the molecule is CCCNC(C1CCCCO1)C1CCc2cccnc21. The normalized spacial score (nSPS) is 27.2. The van der Waals surface area contributed by atoms with Gasteiger partial charge in [-0.3, -0.25) is 4.98 Å². The van der Waals surface area contributed by atoms with E-state index in [0.717, 1.165) is 13.2 Å². The lowest BCUT2D eigenvalue weighted by Gasteiger charge is -2.35. The summed E-state index contributed by atoms with van der Waals surface area (Å²) in [6.07, 6.45) is 9.58. The molecule has 3 unspecified atom stereocenters. The van der Waals surface area contributed by atoms with Gasteiger partial charge in [0.2, 0.25) is 0 Å². The van der Waals surface area contributed by atoms with Crippen LogP contribution in [0, 0.1) is 0 Å². The second kappa shape index (κ2) is 6.68. The van der Waals surface area contributed by atoms with Crippen LogP contribution in [0.1, 0.15) is 56.2 Å². The molecule has 0 aromatic carbocycles. The summed E-state index contributed by atoms with van der Waals surface area (Å²) < 4.78 is 6.07. The maximum Gasteiger partial charge on any atom is 0.0734 e. The maximum atomic E-state index is 6.07. The van der Waals surface area contributed by atoms with Gasteiger partial charge in [0.15, 0.2) is 0 Å². The maximum absolute atomic E-state index is 6.07. The van der Waals surface area contributed by atoms with Gasteiger partial charge in [0.1, 0.15) is 0 Å². The third kappa shape index (κ3) is 2.89. The van der Waals surface area contributed by atoms with Gasteiger partial charge in [-0.15, -0.1) is 0 Å². The van der Waals surface area contributed by atoms with Crippen LogP contribution in [0.5, 0.6) is 0 Å². The average molecular weight is 274 g/mol. The van der Waals surface area contributed by atoms with Crippen molar-refractivity contribution in [3.05, 3.63) is 29.6 Å². The first-order chi connectivity index (χ1) is 9.90. The van der Waals surface area contributed by atoms with E-state index >= 15 is 0 Å². The minimum atomic E-state index is 0.369. The fourth-order valence-corrected chi connectivity index (χ4v) is 3.69. The Morgan fingerprint density at radius 3 is 3.15 bits per heavy atom. The Bertz CT molecular complexity index is 429. The quantitative estimate of drug-likeness (QED) is 0.896. The highest BCUT2D eigenvalue weighted by molar-refractivity contribution is 5.30. The molecule has 3 nitrogen and oxygen atoms in total. The molecule has 1 aromatic heterocycles. The van der Waals surface area contributed by atoms with Crippen LogP contribution in [0.4, 0.5) is 0 Å². The number of ether oxygens (including phenoxy) is 1. The molecule has 3 atom stereocenters. The van der Waals surface area contributed by atoms with Crippen LogP contribution in [0.2, 0.25) is 0 Å². The van der Waals surface area contributed by atoms with Crippen LogP contribution in [0.3, 0.4) is 0 Å². The lowest BCUT2D eigenvalue weighted by atomic mass is 9.88. The number of nitrogens with zero attached hydrogens (tertiary/aromatic N) is 1. The van der Waals surface area contributed by atoms with Gasteiger partial charge >= 0.3 is 0 Å². The summed E-state index contributed by atoms with van der Waals surface area (Å²) in [5.41, 5.74) is 2.76. The molecule has 0 amide bonds. The molecule has 110 valence electrons. The van der Waals surface area contributed by atoms with Gasteiger partial charge in [0.25, 0.3) is 0 Å². The Morgan fingerprint density at radius 2 is 2.35 bits per heavy atom. The smallest absolute Gasteiger partial charge is 0.0734 e. The Labute approximate surface area is 122 Å². The van der Waals surface area contributed by atoms with E-state index in [4.69, 9.17) is 4.74 Å². The third-order valence-corrected chi connectivity index (χ3v) is 4.68. The van der Waals surface area contributed by atoms with E-state index in [-0.39, 0.29) is 0 Å². The van der Waals surface area contributed by atoms with E-state index in [1.807, 2.05) is 6.20 Å². The number of fused-ring (bicyclic) bond motifs is 1. The van der Waals surface area contributed by atoms with E-state index < -0.39 is 0 Å². The van der Waals surface area contributed by atoms with Gasteiger partial charge < -0.3 is 10.1 Å². The summed E-state index contributed by atoms with van der Waals surface area (Å²) in [7, 11) is 0. The first-order valence-electron chi connectivity index (χ1n) is 8.19. The second-order valence-electron chi connectivity index (χ2n) is 6.08. The number of aromatic nitrogens is 1. The van der Waals surface area contributed by atoms with Gasteiger partial charge in [-0.25, -0.2) is 0 Å². The molecule has 20 heavy (non-hydrogen) atoms. The zero-order valence-corrected chi connectivity index (χ0v) is 12.5. The number of aryl methyl sites for hydroxylation is 1. The van der Waals surface area contributed by atoms with Crippen LogP contribution in [0.15, 0.2) is 18.3 Å². The lowest BCUT2D eigenvalue weighted by Crippen LogP contribution is -2.47. The fourth-order valence-electron chi connectivity index (χ4n) is 3.69. The summed E-state index contributed by atoms with van der Waals surface area (Å²) in [6.45, 7) is 4.23. The zero-order valence-electron chi connectivity index (χ0n) is 12.5. The Kier molecular flexibility index (Phi) is 4.69. The van der Waals surface area contributed by atoms with E-state index in [0.29, 0.717) is 18.1 Å². The van der Waals surface area contributed by atoms with Crippen LogP contribution in [0.25, 0.3) is 0 Å². The highest BCUT2D eigenvalue weighted by Gasteiger charge is 2.36. The van der Waals surface area contributed by atoms with Crippen molar-refractivity contribution < 1.29 is 4.74 Å². The molecule has 0 bridgehead atoms. The van der Waals surface area contributed by atoms with Crippen LogP contribution in [-0.2, 0) is 11.2 Å². The Hall–Kier alpha value is -0.930. The van der Waals surface area contributed by atoms with Crippen LogP contribution < -0.4 is 5.32 Å². The van der Waals surface area contributed by atoms with Crippen molar-refractivity contribution in [2.45, 2.75) is 63.5 Å². The molecule has 3 heteroatoms. The fraction of sp³-hybridized carbons (Fsp3) is 0.706. The molecule has 0 spiro atoms. The Balaban J connectivity index is 1.78. The second-order valence-corrected chi connectivity index (χ2v) is 6.08. The monoisotopic (exact) mass is 274 g/mol. The molecule has 1 aliphatic carbocycles. The van der Waals surface area contributed by atoms with Gasteiger partial charge in [0, 0.05) is 30.5 Å². The van der Waals surface area contributed by atoms with Crippen molar-refractivity contribution in [2.75, 3.05) is 13.2 Å². The largest absolute Gasteiger partial charge is 0.377 e. The molecule has 3 rings (SSSR count). The van der Waals surface area contributed by atoms with Gasteiger partial charge in [-0.05, 0) is 56.7 Å². The zero-order chi connectivity index (χ0) is 13.8. The molecule has 1 aromatic rings. The van der Waals surface area contributed by atoms with E-state index in [1.165, 1.54) is 49.8 Å². The molecular formula is C17H26N2O. The predicted molar refractivity (Wildman–Crippen MR) is 81.0 cm³/mol. The van der Waals surface area contributed by atoms with Gasteiger partial charge in [-0.2, -0.15) is 0 Å². The average Bonchev–Trinajstić information content (AvgIpc) is 2.93. The van der Waals surface area contributed by atoms with E-state index in [2.05, 4.69) is 29.4 Å². The van der Waals surface area contributed by atoms with E-state index in [1.54, 1.807) is 0 Å². The minimum absolute atomic E-state index is 0.369. The molecule has 1 fully saturated rings. The number of nitrogens with one attached hydrogen (secondary N) is 1.